The highest BCUT2D eigenvalue weighted by Crippen LogP contribution is 2.17. The first-order valence-electron chi connectivity index (χ1n) is 7.04. The monoisotopic (exact) mass is 320 g/mol. The van der Waals surface area contributed by atoms with Gasteiger partial charge in [-0.1, -0.05) is 18.2 Å². The van der Waals surface area contributed by atoms with Crippen LogP contribution in [0.15, 0.2) is 41.6 Å². The van der Waals surface area contributed by atoms with Crippen molar-refractivity contribution in [3.63, 3.8) is 0 Å². The summed E-state index contributed by atoms with van der Waals surface area (Å²) in [6, 6.07) is 9.66. The summed E-state index contributed by atoms with van der Waals surface area (Å²) < 4.78 is 6.94. The Kier molecular flexibility index (Phi) is 6.42. The molecule has 0 unspecified atom stereocenters. The fourth-order valence-corrected chi connectivity index (χ4v) is 2.71. The van der Waals surface area contributed by atoms with Gasteiger partial charge in [-0.05, 0) is 19.1 Å². The van der Waals surface area contributed by atoms with Gasteiger partial charge in [0.15, 0.2) is 5.82 Å². The summed E-state index contributed by atoms with van der Waals surface area (Å²) in [5.41, 5.74) is 0. The van der Waals surface area contributed by atoms with Gasteiger partial charge in [0.25, 0.3) is 0 Å². The molecule has 0 bridgehead atoms. The molecule has 0 saturated heterocycles. The van der Waals surface area contributed by atoms with Crippen LogP contribution in [0.2, 0.25) is 0 Å². The maximum Gasteiger partial charge on any atom is 0.230 e. The van der Waals surface area contributed by atoms with Crippen LogP contribution in [0.5, 0.6) is 0 Å². The van der Waals surface area contributed by atoms with E-state index in [1.165, 1.54) is 11.8 Å². The van der Waals surface area contributed by atoms with Crippen LogP contribution in [0.25, 0.3) is 0 Å². The minimum absolute atomic E-state index is 0.0253. The molecule has 1 atom stereocenters. The van der Waals surface area contributed by atoms with Gasteiger partial charge in [-0.3, -0.25) is 4.79 Å². The second-order valence-electron chi connectivity index (χ2n) is 4.77. The van der Waals surface area contributed by atoms with Crippen LogP contribution >= 0.6 is 11.8 Å². The Morgan fingerprint density at radius 1 is 1.41 bits per heavy atom. The number of nitrogens with one attached hydrogen (secondary N) is 1. The quantitative estimate of drug-likeness (QED) is 0.752. The molecule has 1 heterocycles. The van der Waals surface area contributed by atoms with Gasteiger partial charge in [-0.15, -0.1) is 22.0 Å². The number of methoxy groups -OCH3 is 1. The van der Waals surface area contributed by atoms with Crippen LogP contribution in [-0.2, 0) is 16.1 Å². The lowest BCUT2D eigenvalue weighted by Crippen LogP contribution is -2.30. The fraction of sp³-hybridized carbons (Fsp3) is 0.400. The number of aromatic nitrogens is 3. The summed E-state index contributed by atoms with van der Waals surface area (Å²) >= 11 is 1.51. The minimum Gasteiger partial charge on any atom is -0.383 e. The summed E-state index contributed by atoms with van der Waals surface area (Å²) in [5, 5.41) is 10.9. The Morgan fingerprint density at radius 3 is 2.91 bits per heavy atom. The topological polar surface area (TPSA) is 69.0 Å². The molecule has 0 spiro atoms. The third kappa shape index (κ3) is 4.85. The molecule has 1 aromatic heterocycles. The molecule has 0 saturated carbocycles. The molecule has 22 heavy (non-hydrogen) atoms. The number of amides is 1. The van der Waals surface area contributed by atoms with Gasteiger partial charge in [-0.2, -0.15) is 0 Å². The molecular formula is C15H20N4O2S. The number of rotatable bonds is 8. The SMILES string of the molecule is COCCn1cnnc1[C@@H](C)NC(=O)CSc1ccccc1. The number of benzene rings is 1. The normalized spacial score (nSPS) is 12.1. The van der Waals surface area contributed by atoms with Gasteiger partial charge in [0.1, 0.15) is 6.33 Å². The van der Waals surface area contributed by atoms with Crippen LogP contribution in [0.3, 0.4) is 0 Å². The van der Waals surface area contributed by atoms with E-state index in [9.17, 15) is 4.79 Å². The molecule has 1 aromatic carbocycles. The molecule has 1 amide bonds. The molecule has 0 fully saturated rings. The molecule has 0 radical (unpaired) electrons. The maximum absolute atomic E-state index is 12.0. The number of hydrogen-bond donors (Lipinski definition) is 1. The van der Waals surface area contributed by atoms with Crippen molar-refractivity contribution < 1.29 is 9.53 Å². The second-order valence-corrected chi connectivity index (χ2v) is 5.82. The lowest BCUT2D eigenvalue weighted by Gasteiger charge is -2.14. The maximum atomic E-state index is 12.0. The lowest BCUT2D eigenvalue weighted by molar-refractivity contribution is -0.119. The third-order valence-corrected chi connectivity index (χ3v) is 4.07. The molecule has 2 rings (SSSR count). The van der Waals surface area contributed by atoms with Gasteiger partial charge in [0.05, 0.1) is 18.4 Å². The van der Waals surface area contributed by atoms with Gasteiger partial charge in [0, 0.05) is 18.6 Å². The Bertz CT molecular complexity index is 588. The zero-order chi connectivity index (χ0) is 15.8. The van der Waals surface area contributed by atoms with Crippen molar-refractivity contribution in [3.05, 3.63) is 42.5 Å². The van der Waals surface area contributed by atoms with Gasteiger partial charge in [-0.25, -0.2) is 0 Å². The van der Waals surface area contributed by atoms with E-state index >= 15 is 0 Å². The number of carbonyl (C=O) groups is 1. The summed E-state index contributed by atoms with van der Waals surface area (Å²) in [4.78, 5) is 13.1. The molecule has 7 heteroatoms. The van der Waals surface area contributed by atoms with E-state index in [0.717, 1.165) is 10.7 Å². The molecule has 6 nitrogen and oxygen atoms in total. The van der Waals surface area contributed by atoms with Crippen LogP contribution in [-0.4, -0.2) is 40.1 Å². The average molecular weight is 320 g/mol. The van der Waals surface area contributed by atoms with E-state index in [0.29, 0.717) is 18.9 Å². The smallest absolute Gasteiger partial charge is 0.230 e. The Hall–Kier alpha value is -1.86. The zero-order valence-electron chi connectivity index (χ0n) is 12.7. The fourth-order valence-electron chi connectivity index (χ4n) is 1.97. The first-order valence-corrected chi connectivity index (χ1v) is 8.03. The van der Waals surface area contributed by atoms with Gasteiger partial charge < -0.3 is 14.6 Å². The van der Waals surface area contributed by atoms with Crippen LogP contribution in [0.1, 0.15) is 18.8 Å². The number of thioether (sulfide) groups is 1. The lowest BCUT2D eigenvalue weighted by atomic mass is 10.3. The van der Waals surface area contributed by atoms with E-state index in [2.05, 4.69) is 15.5 Å². The van der Waals surface area contributed by atoms with Gasteiger partial charge >= 0.3 is 0 Å². The van der Waals surface area contributed by atoms with Crippen molar-refractivity contribution in [2.75, 3.05) is 19.5 Å². The number of carbonyl (C=O) groups excluding carboxylic acids is 1. The summed E-state index contributed by atoms with van der Waals surface area (Å²) in [6.45, 7) is 3.14. The van der Waals surface area contributed by atoms with Crippen molar-refractivity contribution in [1.29, 1.82) is 0 Å². The van der Waals surface area contributed by atoms with Crippen LogP contribution in [0, 0.1) is 0 Å². The Labute approximate surface area is 134 Å². The second kappa shape index (κ2) is 8.55. The van der Waals surface area contributed by atoms with Crippen molar-refractivity contribution in [2.24, 2.45) is 0 Å². The predicted octanol–water partition coefficient (Wildman–Crippen LogP) is 1.89. The molecule has 0 aliphatic rings. The van der Waals surface area contributed by atoms with Crippen molar-refractivity contribution >= 4 is 17.7 Å². The van der Waals surface area contributed by atoms with E-state index in [4.69, 9.17) is 4.74 Å². The Morgan fingerprint density at radius 2 is 2.18 bits per heavy atom. The number of ether oxygens (including phenoxy) is 1. The highest BCUT2D eigenvalue weighted by Gasteiger charge is 2.15. The van der Waals surface area contributed by atoms with Crippen LogP contribution in [0.4, 0.5) is 0 Å². The van der Waals surface area contributed by atoms with Crippen molar-refractivity contribution in [2.45, 2.75) is 24.4 Å². The molecule has 1 N–H and O–H groups in total. The minimum atomic E-state index is -0.191. The third-order valence-electron chi connectivity index (χ3n) is 3.06. The highest BCUT2D eigenvalue weighted by atomic mass is 32.2. The zero-order valence-corrected chi connectivity index (χ0v) is 13.5. The van der Waals surface area contributed by atoms with E-state index in [1.54, 1.807) is 13.4 Å². The van der Waals surface area contributed by atoms with Crippen molar-refractivity contribution in [3.8, 4) is 0 Å². The summed E-state index contributed by atoms with van der Waals surface area (Å²) in [7, 11) is 1.65. The number of nitrogens with zero attached hydrogens (tertiary/aromatic N) is 3. The molecular weight excluding hydrogens is 300 g/mol. The van der Waals surface area contributed by atoms with Crippen molar-refractivity contribution in [1.82, 2.24) is 20.1 Å². The molecule has 118 valence electrons. The molecule has 0 aliphatic heterocycles. The van der Waals surface area contributed by atoms with E-state index in [1.807, 2.05) is 41.8 Å². The summed E-state index contributed by atoms with van der Waals surface area (Å²) in [6.07, 6.45) is 1.65. The largest absolute Gasteiger partial charge is 0.383 e. The van der Waals surface area contributed by atoms with Gasteiger partial charge in [0.2, 0.25) is 5.91 Å². The molecule has 2 aromatic rings. The first kappa shape index (κ1) is 16.5. The number of hydrogen-bond acceptors (Lipinski definition) is 5. The highest BCUT2D eigenvalue weighted by molar-refractivity contribution is 8.00. The van der Waals surface area contributed by atoms with E-state index < -0.39 is 0 Å². The Balaban J connectivity index is 1.84. The van der Waals surface area contributed by atoms with Crippen LogP contribution < -0.4 is 5.32 Å². The standard InChI is InChI=1S/C15H20N4O2S/c1-12(15-18-16-11-19(15)8-9-21-2)17-14(20)10-22-13-6-4-3-5-7-13/h3-7,11-12H,8-10H2,1-2H3,(H,17,20)/t12-/m1/s1. The first-order chi connectivity index (χ1) is 10.7. The van der Waals surface area contributed by atoms with E-state index in [-0.39, 0.29) is 11.9 Å². The predicted molar refractivity (Wildman–Crippen MR) is 85.6 cm³/mol. The average Bonchev–Trinajstić information content (AvgIpc) is 3.00. The summed E-state index contributed by atoms with van der Waals surface area (Å²) in [5.74, 6) is 1.08. The molecule has 0 aliphatic carbocycles.